The van der Waals surface area contributed by atoms with Gasteiger partial charge in [-0.1, -0.05) is 12.1 Å². The van der Waals surface area contributed by atoms with Crippen LogP contribution >= 0.6 is 0 Å². The number of hydrogen-bond acceptors (Lipinski definition) is 6. The number of halogens is 9. The highest BCUT2D eigenvalue weighted by Gasteiger charge is 2.41. The Morgan fingerprint density at radius 1 is 0.490 bits per heavy atom. The Morgan fingerprint density at radius 2 is 0.902 bits per heavy atom. The SMILES string of the molecule is Cc1ccc(C2=C(C#N)c3cc4c(cc3C2=C(C#N)C#N)C(C#N)=C(c2cc(C(F)(F)F)cc(C(F)(F)F)c2)C4=C(C#N)C#N)cc1C(F)(F)F. The summed E-state index contributed by atoms with van der Waals surface area (Å²) < 4.78 is 125. The van der Waals surface area contributed by atoms with Crippen molar-refractivity contribution in [2.45, 2.75) is 25.5 Å². The monoisotopic (exact) mass is 698 g/mol. The Morgan fingerprint density at radius 3 is 1.25 bits per heavy atom. The fourth-order valence-corrected chi connectivity index (χ4v) is 6.00. The van der Waals surface area contributed by atoms with Gasteiger partial charge in [-0.25, -0.2) is 0 Å². The second kappa shape index (κ2) is 12.1. The van der Waals surface area contributed by atoms with Crippen LogP contribution in [0.4, 0.5) is 39.5 Å². The molecular formula is C36H11F9N6. The predicted octanol–water partition coefficient (Wildman–Crippen LogP) is 9.55. The lowest BCUT2D eigenvalue weighted by Gasteiger charge is -2.16. The van der Waals surface area contributed by atoms with E-state index in [2.05, 4.69) is 0 Å². The maximum atomic E-state index is 13.9. The molecular weight excluding hydrogens is 687 g/mol. The number of allylic oxidation sites excluding steroid dienone is 8. The highest BCUT2D eigenvalue weighted by atomic mass is 19.4. The third-order valence-corrected chi connectivity index (χ3v) is 8.11. The highest BCUT2D eigenvalue weighted by molar-refractivity contribution is 6.29. The van der Waals surface area contributed by atoms with Gasteiger partial charge in [0.15, 0.2) is 0 Å². The standard InChI is InChI=1S/C36H11F9N6/c1-16-2-3-17(6-29(16)36(43,44)45)30-27(14-50)23-8-26-24(9-25(23)32(30)19(10-46)11-47)28(15-51)31(33(26)20(12-48)13-49)18-4-21(34(37,38)39)7-22(5-18)35(40,41)42/h2-9H,1H3. The van der Waals surface area contributed by atoms with Crippen LogP contribution in [0.5, 0.6) is 0 Å². The minimum atomic E-state index is -5.32. The first-order valence-corrected chi connectivity index (χ1v) is 13.9. The third kappa shape index (κ3) is 5.74. The Kier molecular flexibility index (Phi) is 8.37. The number of nitrogens with zero attached hydrogens (tertiary/aromatic N) is 6. The van der Waals surface area contributed by atoms with Gasteiger partial charge in [0.25, 0.3) is 0 Å². The zero-order valence-corrected chi connectivity index (χ0v) is 25.2. The summed E-state index contributed by atoms with van der Waals surface area (Å²) in [5, 5.41) is 60.1. The van der Waals surface area contributed by atoms with Crippen molar-refractivity contribution < 1.29 is 39.5 Å². The Hall–Kier alpha value is -7.07. The van der Waals surface area contributed by atoms with Crippen LogP contribution in [0.2, 0.25) is 0 Å². The number of rotatable bonds is 2. The van der Waals surface area contributed by atoms with Crippen LogP contribution in [0.15, 0.2) is 59.7 Å². The lowest BCUT2D eigenvalue weighted by Crippen LogP contribution is -2.12. The summed E-state index contributed by atoms with van der Waals surface area (Å²) in [7, 11) is 0. The molecule has 0 bridgehead atoms. The topological polar surface area (TPSA) is 143 Å². The zero-order valence-electron chi connectivity index (χ0n) is 25.2. The first kappa shape index (κ1) is 35.2. The molecule has 3 aromatic carbocycles. The van der Waals surface area contributed by atoms with Crippen molar-refractivity contribution in [2.75, 3.05) is 0 Å². The Labute approximate surface area is 281 Å². The molecule has 0 aliphatic heterocycles. The van der Waals surface area contributed by atoms with Gasteiger partial charge in [-0.2, -0.15) is 71.1 Å². The number of hydrogen-bond donors (Lipinski definition) is 0. The number of alkyl halides is 9. The molecule has 6 nitrogen and oxygen atoms in total. The van der Waals surface area contributed by atoms with Gasteiger partial charge in [-0.15, -0.1) is 0 Å². The molecule has 3 aromatic rings. The normalized spacial score (nSPS) is 13.7. The van der Waals surface area contributed by atoms with Crippen molar-refractivity contribution >= 4 is 33.4 Å². The quantitative estimate of drug-likeness (QED) is 0.193. The second-order valence-electron chi connectivity index (χ2n) is 10.9. The van der Waals surface area contributed by atoms with Crippen molar-refractivity contribution in [3.05, 3.63) is 115 Å². The molecule has 0 saturated heterocycles. The van der Waals surface area contributed by atoms with E-state index in [-0.39, 0.29) is 50.6 Å². The van der Waals surface area contributed by atoms with E-state index in [0.29, 0.717) is 18.2 Å². The molecule has 2 aliphatic rings. The van der Waals surface area contributed by atoms with Gasteiger partial charge >= 0.3 is 18.5 Å². The molecule has 2 aliphatic carbocycles. The molecule has 0 heterocycles. The largest absolute Gasteiger partial charge is 0.416 e. The van der Waals surface area contributed by atoms with Crippen molar-refractivity contribution in [1.82, 2.24) is 0 Å². The van der Waals surface area contributed by atoms with Crippen LogP contribution in [0.25, 0.3) is 33.4 Å². The molecule has 15 heteroatoms. The van der Waals surface area contributed by atoms with E-state index >= 15 is 0 Å². The molecule has 0 unspecified atom stereocenters. The van der Waals surface area contributed by atoms with Crippen molar-refractivity contribution in [1.29, 1.82) is 31.6 Å². The summed E-state index contributed by atoms with van der Waals surface area (Å²) in [4.78, 5) is 0. The summed E-state index contributed by atoms with van der Waals surface area (Å²) in [6.07, 6.45) is -15.5. The van der Waals surface area contributed by atoms with E-state index in [1.807, 2.05) is 6.07 Å². The molecule has 0 fully saturated rings. The fourth-order valence-electron chi connectivity index (χ4n) is 6.00. The Balaban J connectivity index is 1.94. The van der Waals surface area contributed by atoms with Crippen LogP contribution in [0.3, 0.4) is 0 Å². The van der Waals surface area contributed by atoms with Crippen LogP contribution in [0.1, 0.15) is 55.6 Å². The lowest BCUT2D eigenvalue weighted by atomic mass is 9.89. The predicted molar refractivity (Wildman–Crippen MR) is 160 cm³/mol. The number of aryl methyl sites for hydroxylation is 1. The summed E-state index contributed by atoms with van der Waals surface area (Å²) in [5.74, 6) is 0. The first-order chi connectivity index (χ1) is 23.9. The molecule has 0 N–H and O–H groups in total. The van der Waals surface area contributed by atoms with E-state index in [4.69, 9.17) is 0 Å². The van der Waals surface area contributed by atoms with Crippen molar-refractivity contribution in [2.24, 2.45) is 0 Å². The van der Waals surface area contributed by atoms with E-state index < -0.39 is 74.2 Å². The maximum absolute atomic E-state index is 13.9. The molecule has 0 aromatic heterocycles. The molecule has 248 valence electrons. The van der Waals surface area contributed by atoms with Gasteiger partial charge in [0.05, 0.1) is 27.8 Å². The smallest absolute Gasteiger partial charge is 0.192 e. The number of nitriles is 6. The van der Waals surface area contributed by atoms with Crippen LogP contribution in [-0.4, -0.2) is 0 Å². The van der Waals surface area contributed by atoms with Crippen LogP contribution < -0.4 is 0 Å². The molecule has 5 rings (SSSR count). The molecule has 0 amide bonds. The van der Waals surface area contributed by atoms with Crippen molar-refractivity contribution in [3.63, 3.8) is 0 Å². The second-order valence-corrected chi connectivity index (χ2v) is 10.9. The molecule has 0 saturated carbocycles. The molecule has 0 radical (unpaired) electrons. The minimum absolute atomic E-state index is 0.158. The van der Waals surface area contributed by atoms with Crippen LogP contribution in [-0.2, 0) is 18.5 Å². The molecule has 51 heavy (non-hydrogen) atoms. The molecule has 0 atom stereocenters. The average molecular weight is 699 g/mol. The van der Waals surface area contributed by atoms with Crippen molar-refractivity contribution in [3.8, 4) is 36.4 Å². The summed E-state index contributed by atoms with van der Waals surface area (Å²) >= 11 is 0. The van der Waals surface area contributed by atoms with E-state index in [1.165, 1.54) is 25.1 Å². The Bertz CT molecular complexity index is 2430. The van der Waals surface area contributed by atoms with Gasteiger partial charge in [0, 0.05) is 33.4 Å². The zero-order chi connectivity index (χ0) is 37.8. The average Bonchev–Trinajstić information content (AvgIpc) is 3.55. The number of fused-ring (bicyclic) bond motifs is 2. The fraction of sp³-hybridized carbons (Fsp3) is 0.111. The minimum Gasteiger partial charge on any atom is -0.192 e. The number of benzene rings is 3. The van der Waals surface area contributed by atoms with Gasteiger partial charge in [0.1, 0.15) is 47.6 Å². The van der Waals surface area contributed by atoms with E-state index in [0.717, 1.165) is 18.2 Å². The van der Waals surface area contributed by atoms with E-state index in [9.17, 15) is 71.1 Å². The van der Waals surface area contributed by atoms with Crippen LogP contribution in [0, 0.1) is 74.9 Å². The van der Waals surface area contributed by atoms with E-state index in [1.54, 1.807) is 18.2 Å². The third-order valence-electron chi connectivity index (χ3n) is 8.11. The first-order valence-electron chi connectivity index (χ1n) is 13.9. The highest BCUT2D eigenvalue weighted by Crippen LogP contribution is 2.55. The summed E-state index contributed by atoms with van der Waals surface area (Å²) in [6, 6.07) is 15.4. The van der Waals surface area contributed by atoms with Gasteiger partial charge < -0.3 is 0 Å². The summed E-state index contributed by atoms with van der Waals surface area (Å²) in [5.41, 5.74) is -11.2. The van der Waals surface area contributed by atoms with Gasteiger partial charge in [0.2, 0.25) is 0 Å². The molecule has 0 spiro atoms. The van der Waals surface area contributed by atoms with Gasteiger partial charge in [-0.05, 0) is 71.1 Å². The lowest BCUT2D eigenvalue weighted by molar-refractivity contribution is -0.143. The van der Waals surface area contributed by atoms with Gasteiger partial charge in [-0.3, -0.25) is 0 Å². The maximum Gasteiger partial charge on any atom is 0.416 e. The summed E-state index contributed by atoms with van der Waals surface area (Å²) in [6.45, 7) is 1.18.